The number of amides is 2. The zero-order valence-electron chi connectivity index (χ0n) is 15.8. The molecule has 7 nitrogen and oxygen atoms in total. The van der Waals surface area contributed by atoms with Gasteiger partial charge in [0.05, 0.1) is 18.4 Å². The lowest BCUT2D eigenvalue weighted by Crippen LogP contribution is -2.42. The third-order valence-electron chi connectivity index (χ3n) is 6.58. The fourth-order valence-electron chi connectivity index (χ4n) is 5.26. The summed E-state index contributed by atoms with van der Waals surface area (Å²) in [6.45, 7) is 5.88. The fourth-order valence-corrected chi connectivity index (χ4v) is 5.26. The van der Waals surface area contributed by atoms with Gasteiger partial charge in [0, 0.05) is 19.1 Å². The lowest BCUT2D eigenvalue weighted by molar-refractivity contribution is -0.140. The summed E-state index contributed by atoms with van der Waals surface area (Å²) in [5.41, 5.74) is 5.96. The van der Waals surface area contributed by atoms with E-state index < -0.39 is 0 Å². The number of hydrogen-bond acceptors (Lipinski definition) is 4. The second kappa shape index (κ2) is 8.46. The molecule has 150 valence electrons. The molecule has 5 atom stereocenters. The van der Waals surface area contributed by atoms with Crippen molar-refractivity contribution in [3.63, 3.8) is 0 Å². The van der Waals surface area contributed by atoms with Gasteiger partial charge in [0.1, 0.15) is 0 Å². The SMILES string of the molecule is CCN1CCCC1CN=C(N)NCCN1C(=O)C2C3C=CC(C3)C2C1=O.I. The minimum Gasteiger partial charge on any atom is -0.370 e. The van der Waals surface area contributed by atoms with Crippen molar-refractivity contribution in [2.45, 2.75) is 32.2 Å². The molecule has 3 fully saturated rings. The number of likely N-dealkylation sites (tertiary alicyclic amines) is 2. The molecule has 4 aliphatic rings. The lowest BCUT2D eigenvalue weighted by atomic mass is 9.85. The number of imide groups is 1. The van der Waals surface area contributed by atoms with Gasteiger partial charge < -0.3 is 11.1 Å². The highest BCUT2D eigenvalue weighted by atomic mass is 127. The van der Waals surface area contributed by atoms with Crippen LogP contribution < -0.4 is 11.1 Å². The predicted molar refractivity (Wildman–Crippen MR) is 115 cm³/mol. The van der Waals surface area contributed by atoms with Crippen molar-refractivity contribution in [3.8, 4) is 0 Å². The third kappa shape index (κ3) is 3.74. The maximum absolute atomic E-state index is 12.6. The average Bonchev–Trinajstić information content (AvgIpc) is 3.39. The summed E-state index contributed by atoms with van der Waals surface area (Å²) in [5, 5.41) is 3.06. The molecule has 5 unspecified atom stereocenters. The van der Waals surface area contributed by atoms with Crippen molar-refractivity contribution >= 4 is 41.8 Å². The van der Waals surface area contributed by atoms with E-state index in [1.54, 1.807) is 0 Å². The Labute approximate surface area is 177 Å². The van der Waals surface area contributed by atoms with Crippen LogP contribution in [0.4, 0.5) is 0 Å². The number of fused-ring (bicyclic) bond motifs is 5. The summed E-state index contributed by atoms with van der Waals surface area (Å²) in [5.74, 6) is 0.682. The first kappa shape index (κ1) is 20.6. The number of nitrogens with two attached hydrogens (primary N) is 1. The summed E-state index contributed by atoms with van der Waals surface area (Å²) in [7, 11) is 0. The van der Waals surface area contributed by atoms with E-state index in [-0.39, 0.29) is 59.5 Å². The van der Waals surface area contributed by atoms with E-state index in [1.165, 1.54) is 17.7 Å². The number of rotatable bonds is 6. The maximum Gasteiger partial charge on any atom is 0.233 e. The Hall–Kier alpha value is -1.16. The molecule has 27 heavy (non-hydrogen) atoms. The van der Waals surface area contributed by atoms with E-state index in [9.17, 15) is 9.59 Å². The van der Waals surface area contributed by atoms with Crippen LogP contribution in [-0.2, 0) is 9.59 Å². The first-order chi connectivity index (χ1) is 12.6. The Kier molecular flexibility index (Phi) is 6.45. The minimum absolute atomic E-state index is 0. The molecule has 2 amide bonds. The van der Waals surface area contributed by atoms with Crippen LogP contribution in [0.15, 0.2) is 17.1 Å². The van der Waals surface area contributed by atoms with Crippen LogP contribution in [-0.4, -0.2) is 66.3 Å². The van der Waals surface area contributed by atoms with Gasteiger partial charge in [-0.1, -0.05) is 19.1 Å². The quantitative estimate of drug-likeness (QED) is 0.190. The maximum atomic E-state index is 12.6. The zero-order valence-corrected chi connectivity index (χ0v) is 18.2. The van der Waals surface area contributed by atoms with Crippen LogP contribution in [0.25, 0.3) is 0 Å². The van der Waals surface area contributed by atoms with E-state index in [0.29, 0.717) is 31.6 Å². The number of likely N-dealkylation sites (N-methyl/N-ethyl adjacent to an activating group) is 1. The number of guanidine groups is 1. The average molecular weight is 487 g/mol. The first-order valence-electron chi connectivity index (χ1n) is 9.91. The summed E-state index contributed by atoms with van der Waals surface area (Å²) >= 11 is 0. The molecule has 0 spiro atoms. The van der Waals surface area contributed by atoms with Crippen molar-refractivity contribution in [3.05, 3.63) is 12.2 Å². The molecule has 1 saturated carbocycles. The second-order valence-corrected chi connectivity index (χ2v) is 7.91. The monoisotopic (exact) mass is 487 g/mol. The van der Waals surface area contributed by atoms with Gasteiger partial charge in [-0.25, -0.2) is 0 Å². The predicted octanol–water partition coefficient (Wildman–Crippen LogP) is 0.800. The van der Waals surface area contributed by atoms with Crippen molar-refractivity contribution < 1.29 is 9.59 Å². The summed E-state index contributed by atoms with van der Waals surface area (Å²) < 4.78 is 0. The van der Waals surface area contributed by atoms with Crippen LogP contribution in [0.1, 0.15) is 26.2 Å². The molecule has 2 bridgehead atoms. The van der Waals surface area contributed by atoms with E-state index in [1.807, 2.05) is 0 Å². The Morgan fingerprint density at radius 2 is 1.93 bits per heavy atom. The molecule has 2 aliphatic carbocycles. The van der Waals surface area contributed by atoms with E-state index in [0.717, 1.165) is 19.5 Å². The number of allylic oxidation sites excluding steroid dienone is 2. The summed E-state index contributed by atoms with van der Waals surface area (Å²) in [6.07, 6.45) is 7.59. The highest BCUT2D eigenvalue weighted by Gasteiger charge is 2.58. The number of nitrogens with zero attached hydrogens (tertiary/aromatic N) is 3. The molecule has 0 radical (unpaired) electrons. The third-order valence-corrected chi connectivity index (χ3v) is 6.58. The topological polar surface area (TPSA) is 91.0 Å². The van der Waals surface area contributed by atoms with Crippen LogP contribution in [0.2, 0.25) is 0 Å². The van der Waals surface area contributed by atoms with Crippen molar-refractivity contribution in [2.24, 2.45) is 34.4 Å². The standard InChI is InChI=1S/C19H29N5O2.HI/c1-2-23-8-3-4-14(23)11-22-19(20)21-7-9-24-17(25)15-12-5-6-13(10-12)16(15)18(24)26;/h5-6,12-16H,2-4,7-11H2,1H3,(H3,20,21,22);1H. The van der Waals surface area contributed by atoms with Gasteiger partial charge >= 0.3 is 0 Å². The highest BCUT2D eigenvalue weighted by molar-refractivity contribution is 14.0. The van der Waals surface area contributed by atoms with Crippen molar-refractivity contribution in [2.75, 3.05) is 32.7 Å². The van der Waals surface area contributed by atoms with Gasteiger partial charge in [-0.3, -0.25) is 24.4 Å². The smallest absolute Gasteiger partial charge is 0.233 e. The van der Waals surface area contributed by atoms with Crippen molar-refractivity contribution in [1.82, 2.24) is 15.1 Å². The van der Waals surface area contributed by atoms with Gasteiger partial charge in [0.2, 0.25) is 11.8 Å². The van der Waals surface area contributed by atoms with Crippen LogP contribution >= 0.6 is 24.0 Å². The molecular formula is C19H30IN5O2. The second-order valence-electron chi connectivity index (χ2n) is 7.91. The largest absolute Gasteiger partial charge is 0.370 e. The van der Waals surface area contributed by atoms with E-state index in [2.05, 4.69) is 34.3 Å². The van der Waals surface area contributed by atoms with E-state index in [4.69, 9.17) is 5.73 Å². The molecule has 4 rings (SSSR count). The molecule has 2 saturated heterocycles. The Bertz CT molecular complexity index is 622. The Morgan fingerprint density at radius 1 is 1.26 bits per heavy atom. The zero-order chi connectivity index (χ0) is 18.3. The minimum atomic E-state index is -0.120. The van der Waals surface area contributed by atoms with Gasteiger partial charge in [-0.15, -0.1) is 24.0 Å². The lowest BCUT2D eigenvalue weighted by Gasteiger charge is -2.21. The van der Waals surface area contributed by atoms with Gasteiger partial charge in [0.25, 0.3) is 0 Å². The van der Waals surface area contributed by atoms with Crippen LogP contribution in [0, 0.1) is 23.7 Å². The Morgan fingerprint density at radius 3 is 2.56 bits per heavy atom. The number of nitrogens with one attached hydrogen (secondary N) is 1. The Balaban J connectivity index is 0.00000210. The van der Waals surface area contributed by atoms with Crippen molar-refractivity contribution in [1.29, 1.82) is 0 Å². The fraction of sp³-hybridized carbons (Fsp3) is 0.737. The first-order valence-corrected chi connectivity index (χ1v) is 9.91. The number of aliphatic imine (C=N–C) groups is 1. The number of carbonyl (C=O) groups is 2. The van der Waals surface area contributed by atoms with Gasteiger partial charge in [0.15, 0.2) is 5.96 Å². The number of carbonyl (C=O) groups excluding carboxylic acids is 2. The van der Waals surface area contributed by atoms with E-state index >= 15 is 0 Å². The summed E-state index contributed by atoms with van der Waals surface area (Å²) in [6, 6.07) is 0.476. The normalized spacial score (nSPS) is 35.1. The molecule has 2 aliphatic heterocycles. The van der Waals surface area contributed by atoms with Crippen LogP contribution in [0.5, 0.6) is 0 Å². The summed E-state index contributed by atoms with van der Waals surface area (Å²) in [4.78, 5) is 33.5. The number of halogens is 1. The molecular weight excluding hydrogens is 457 g/mol. The van der Waals surface area contributed by atoms with Crippen LogP contribution in [0.3, 0.4) is 0 Å². The molecule has 0 aromatic rings. The van der Waals surface area contributed by atoms with Gasteiger partial charge in [-0.2, -0.15) is 0 Å². The molecule has 8 heteroatoms. The highest BCUT2D eigenvalue weighted by Crippen LogP contribution is 2.52. The van der Waals surface area contributed by atoms with Gasteiger partial charge in [-0.05, 0) is 44.2 Å². The molecule has 2 heterocycles. The molecule has 0 aromatic carbocycles. The molecule has 3 N–H and O–H groups in total. The molecule has 0 aromatic heterocycles. The number of hydrogen-bond donors (Lipinski definition) is 2.